The van der Waals surface area contributed by atoms with Crippen LogP contribution < -0.4 is 15.8 Å². The molecule has 112 valence electrons. The number of benzene rings is 1. The van der Waals surface area contributed by atoms with E-state index >= 15 is 0 Å². The molecule has 1 atom stereocenters. The van der Waals surface area contributed by atoms with E-state index in [2.05, 4.69) is 10.6 Å². The normalized spacial score (nSPS) is 19.9. The minimum atomic E-state index is -3.66. The van der Waals surface area contributed by atoms with Gasteiger partial charge in [-0.15, -0.1) is 0 Å². The highest BCUT2D eigenvalue weighted by molar-refractivity contribution is 7.89. The zero-order chi connectivity index (χ0) is 14.8. The Labute approximate surface area is 121 Å². The number of anilines is 1. The van der Waals surface area contributed by atoms with Crippen LogP contribution in [0.5, 0.6) is 0 Å². The summed E-state index contributed by atoms with van der Waals surface area (Å²) < 4.78 is 23.0. The lowest BCUT2D eigenvalue weighted by atomic mass is 9.99. The molecule has 1 unspecified atom stereocenters. The van der Waals surface area contributed by atoms with Crippen molar-refractivity contribution in [3.05, 3.63) is 23.3 Å². The summed E-state index contributed by atoms with van der Waals surface area (Å²) in [5.41, 5.74) is 2.86. The first kappa shape index (κ1) is 15.3. The van der Waals surface area contributed by atoms with Gasteiger partial charge in [-0.2, -0.15) is 0 Å². The fraction of sp³-hybridized carbons (Fsp3) is 0.571. The van der Waals surface area contributed by atoms with Gasteiger partial charge in [0.25, 0.3) is 0 Å². The van der Waals surface area contributed by atoms with Crippen molar-refractivity contribution >= 4 is 15.7 Å². The monoisotopic (exact) mass is 297 g/mol. The molecule has 0 bridgehead atoms. The summed E-state index contributed by atoms with van der Waals surface area (Å²) in [6.07, 6.45) is 2.40. The maximum absolute atomic E-state index is 11.5. The Morgan fingerprint density at radius 1 is 1.40 bits per heavy atom. The second-order valence-electron chi connectivity index (χ2n) is 5.55. The molecule has 0 radical (unpaired) electrons. The van der Waals surface area contributed by atoms with Gasteiger partial charge in [0.2, 0.25) is 10.0 Å². The van der Waals surface area contributed by atoms with E-state index in [1.165, 1.54) is 12.8 Å². The average molecular weight is 297 g/mol. The second kappa shape index (κ2) is 6.11. The molecule has 0 aliphatic carbocycles. The summed E-state index contributed by atoms with van der Waals surface area (Å²) in [7, 11) is -3.66. The van der Waals surface area contributed by atoms with Crippen LogP contribution in [0.1, 0.15) is 24.0 Å². The zero-order valence-electron chi connectivity index (χ0n) is 12.1. The summed E-state index contributed by atoms with van der Waals surface area (Å²) in [6, 6.07) is 3.26. The van der Waals surface area contributed by atoms with Gasteiger partial charge in [-0.3, -0.25) is 0 Å². The van der Waals surface area contributed by atoms with Crippen LogP contribution in [-0.2, 0) is 10.0 Å². The number of primary sulfonamides is 1. The molecule has 4 N–H and O–H groups in total. The first-order valence-electron chi connectivity index (χ1n) is 6.96. The molecule has 1 aliphatic rings. The zero-order valence-corrected chi connectivity index (χ0v) is 12.9. The number of hydrogen-bond acceptors (Lipinski definition) is 4. The number of aryl methyl sites for hydroxylation is 1. The molecular weight excluding hydrogens is 274 g/mol. The number of nitrogens with one attached hydrogen (secondary N) is 2. The van der Waals surface area contributed by atoms with Crippen LogP contribution >= 0.6 is 0 Å². The third-order valence-electron chi connectivity index (χ3n) is 3.95. The lowest BCUT2D eigenvalue weighted by Crippen LogP contribution is -2.33. The molecule has 6 heteroatoms. The van der Waals surface area contributed by atoms with Crippen molar-refractivity contribution in [1.29, 1.82) is 0 Å². The molecule has 0 amide bonds. The topological polar surface area (TPSA) is 84.2 Å². The molecule has 5 nitrogen and oxygen atoms in total. The summed E-state index contributed by atoms with van der Waals surface area (Å²) in [5, 5.41) is 12.0. The number of nitrogens with two attached hydrogens (primary N) is 1. The number of piperidine rings is 1. The Morgan fingerprint density at radius 2 is 2.15 bits per heavy atom. The minimum absolute atomic E-state index is 0.171. The summed E-state index contributed by atoms with van der Waals surface area (Å²) >= 11 is 0. The standard InChI is InChI=1S/C14H23N3O2S/c1-10-6-13(20(15,18)19)7-14(11(10)2)17-9-12-4-3-5-16-8-12/h6-7,12,16-17H,3-5,8-9H2,1-2H3,(H2,15,18,19). The van der Waals surface area contributed by atoms with Crippen molar-refractivity contribution in [2.24, 2.45) is 11.1 Å². The number of sulfonamides is 1. The van der Waals surface area contributed by atoms with Crippen LogP contribution in [0.15, 0.2) is 17.0 Å². The van der Waals surface area contributed by atoms with Crippen molar-refractivity contribution in [3.63, 3.8) is 0 Å². The number of hydrogen-bond donors (Lipinski definition) is 3. The Kier molecular flexibility index (Phi) is 4.67. The average Bonchev–Trinajstić information content (AvgIpc) is 2.40. The largest absolute Gasteiger partial charge is 0.384 e. The van der Waals surface area contributed by atoms with E-state index in [1.807, 2.05) is 13.8 Å². The molecule has 20 heavy (non-hydrogen) atoms. The molecule has 1 heterocycles. The molecule has 1 aliphatic heterocycles. The van der Waals surface area contributed by atoms with Crippen molar-refractivity contribution < 1.29 is 8.42 Å². The van der Waals surface area contributed by atoms with Crippen LogP contribution in [0.25, 0.3) is 0 Å². The Morgan fingerprint density at radius 3 is 2.75 bits per heavy atom. The highest BCUT2D eigenvalue weighted by Gasteiger charge is 2.15. The van der Waals surface area contributed by atoms with Gasteiger partial charge >= 0.3 is 0 Å². The fourth-order valence-corrected chi connectivity index (χ4v) is 3.15. The van der Waals surface area contributed by atoms with Crippen LogP contribution in [0, 0.1) is 19.8 Å². The van der Waals surface area contributed by atoms with Crippen LogP contribution in [0.4, 0.5) is 5.69 Å². The molecule has 1 aromatic rings. The van der Waals surface area contributed by atoms with E-state index < -0.39 is 10.0 Å². The highest BCUT2D eigenvalue weighted by atomic mass is 32.2. The van der Waals surface area contributed by atoms with Gasteiger partial charge in [0, 0.05) is 12.2 Å². The maximum atomic E-state index is 11.5. The van der Waals surface area contributed by atoms with Crippen molar-refractivity contribution in [1.82, 2.24) is 5.32 Å². The quantitative estimate of drug-likeness (QED) is 0.783. The van der Waals surface area contributed by atoms with Crippen molar-refractivity contribution in [2.45, 2.75) is 31.6 Å². The third kappa shape index (κ3) is 3.71. The van der Waals surface area contributed by atoms with Crippen LogP contribution in [-0.4, -0.2) is 28.1 Å². The number of rotatable bonds is 4. The van der Waals surface area contributed by atoms with Crippen molar-refractivity contribution in [2.75, 3.05) is 25.0 Å². The predicted octanol–water partition coefficient (Wildman–Crippen LogP) is 1.36. The van der Waals surface area contributed by atoms with Crippen LogP contribution in [0.2, 0.25) is 0 Å². The fourth-order valence-electron chi connectivity index (χ4n) is 2.53. The Balaban J connectivity index is 2.15. The predicted molar refractivity (Wildman–Crippen MR) is 81.4 cm³/mol. The highest BCUT2D eigenvalue weighted by Crippen LogP contribution is 2.24. The maximum Gasteiger partial charge on any atom is 0.238 e. The smallest absolute Gasteiger partial charge is 0.238 e. The summed E-state index contributed by atoms with van der Waals surface area (Å²) in [6.45, 7) is 6.85. The molecule has 1 fully saturated rings. The summed E-state index contributed by atoms with van der Waals surface area (Å²) in [5.74, 6) is 0.585. The first-order chi connectivity index (χ1) is 9.38. The molecule has 0 aromatic heterocycles. The van der Waals surface area contributed by atoms with E-state index in [0.29, 0.717) is 5.92 Å². The molecular formula is C14H23N3O2S. The van der Waals surface area contributed by atoms with Gasteiger partial charge in [0.1, 0.15) is 0 Å². The van der Waals surface area contributed by atoms with Gasteiger partial charge in [-0.05, 0) is 69.0 Å². The van der Waals surface area contributed by atoms with Gasteiger partial charge in [-0.1, -0.05) is 0 Å². The van der Waals surface area contributed by atoms with E-state index in [1.54, 1.807) is 12.1 Å². The van der Waals surface area contributed by atoms with E-state index in [9.17, 15) is 8.42 Å². The molecule has 1 saturated heterocycles. The second-order valence-corrected chi connectivity index (χ2v) is 7.11. The molecule has 2 rings (SSSR count). The van der Waals surface area contributed by atoms with Gasteiger partial charge < -0.3 is 10.6 Å². The third-order valence-corrected chi connectivity index (χ3v) is 4.84. The van der Waals surface area contributed by atoms with Crippen LogP contribution in [0.3, 0.4) is 0 Å². The van der Waals surface area contributed by atoms with Crippen molar-refractivity contribution in [3.8, 4) is 0 Å². The lowest BCUT2D eigenvalue weighted by molar-refractivity contribution is 0.393. The molecule has 0 saturated carbocycles. The SMILES string of the molecule is Cc1cc(S(N)(=O)=O)cc(NCC2CCCNC2)c1C. The van der Waals surface area contributed by atoms with Gasteiger partial charge in [-0.25, -0.2) is 13.6 Å². The lowest BCUT2D eigenvalue weighted by Gasteiger charge is -2.24. The first-order valence-corrected chi connectivity index (χ1v) is 8.51. The van der Waals surface area contributed by atoms with Gasteiger partial charge in [0.15, 0.2) is 0 Å². The van der Waals surface area contributed by atoms with E-state index in [4.69, 9.17) is 5.14 Å². The summed E-state index contributed by atoms with van der Waals surface area (Å²) in [4.78, 5) is 0.171. The molecule has 0 spiro atoms. The minimum Gasteiger partial charge on any atom is -0.384 e. The Bertz CT molecular complexity index is 578. The Hall–Kier alpha value is -1.11. The van der Waals surface area contributed by atoms with E-state index in [-0.39, 0.29) is 4.90 Å². The van der Waals surface area contributed by atoms with Gasteiger partial charge in [0.05, 0.1) is 4.90 Å². The van der Waals surface area contributed by atoms with E-state index in [0.717, 1.165) is 36.4 Å². The molecule has 1 aromatic carbocycles.